The monoisotopic (exact) mass is 365 g/mol. The summed E-state index contributed by atoms with van der Waals surface area (Å²) in [6.07, 6.45) is 0.118. The molecule has 0 aliphatic heterocycles. The predicted octanol–water partition coefficient (Wildman–Crippen LogP) is 3.01. The lowest BCUT2D eigenvalue weighted by molar-refractivity contribution is -0.123. The summed E-state index contributed by atoms with van der Waals surface area (Å²) < 4.78 is 5.14. The van der Waals surface area contributed by atoms with Gasteiger partial charge in [-0.15, -0.1) is 0 Å². The van der Waals surface area contributed by atoms with Crippen LogP contribution < -0.4 is 15.4 Å². The first-order chi connectivity index (χ1) is 12.9. The number of nitrogens with one attached hydrogen (secondary N) is 2. The molecule has 0 heterocycles. The summed E-state index contributed by atoms with van der Waals surface area (Å²) in [4.78, 5) is 24.0. The van der Waals surface area contributed by atoms with Crippen LogP contribution in [0.3, 0.4) is 0 Å². The lowest BCUT2D eigenvalue weighted by Crippen LogP contribution is -2.33. The molecular formula is C21H23N3O3. The third-order valence-corrected chi connectivity index (χ3v) is 4.20. The minimum absolute atomic E-state index is 0.118. The Hall–Kier alpha value is -3.33. The first kappa shape index (κ1) is 20.0. The van der Waals surface area contributed by atoms with Crippen molar-refractivity contribution in [3.05, 3.63) is 65.2 Å². The van der Waals surface area contributed by atoms with Gasteiger partial charge in [-0.05, 0) is 42.3 Å². The van der Waals surface area contributed by atoms with Gasteiger partial charge in [0.25, 0.3) is 0 Å². The summed E-state index contributed by atoms with van der Waals surface area (Å²) in [6, 6.07) is 15.7. The highest BCUT2D eigenvalue weighted by Crippen LogP contribution is 2.21. The molecule has 2 unspecified atom stereocenters. The van der Waals surface area contributed by atoms with Crippen LogP contribution in [0.25, 0.3) is 0 Å². The molecule has 6 nitrogen and oxygen atoms in total. The highest BCUT2D eigenvalue weighted by atomic mass is 16.5. The van der Waals surface area contributed by atoms with Gasteiger partial charge in [0.05, 0.1) is 37.2 Å². The van der Waals surface area contributed by atoms with E-state index in [1.165, 1.54) is 6.92 Å². The molecule has 2 N–H and O–H groups in total. The van der Waals surface area contributed by atoms with Gasteiger partial charge in [-0.2, -0.15) is 5.26 Å². The molecule has 2 aromatic carbocycles. The predicted molar refractivity (Wildman–Crippen MR) is 102 cm³/mol. The van der Waals surface area contributed by atoms with E-state index in [2.05, 4.69) is 16.7 Å². The van der Waals surface area contributed by atoms with E-state index in [9.17, 15) is 9.59 Å². The van der Waals surface area contributed by atoms with Gasteiger partial charge < -0.3 is 15.4 Å². The Morgan fingerprint density at radius 2 is 1.63 bits per heavy atom. The molecule has 0 saturated heterocycles. The molecule has 2 atom stereocenters. The van der Waals surface area contributed by atoms with Crippen molar-refractivity contribution >= 4 is 11.8 Å². The molecule has 0 bridgehead atoms. The molecule has 27 heavy (non-hydrogen) atoms. The fraction of sp³-hybridized carbons (Fsp3) is 0.286. The first-order valence-electron chi connectivity index (χ1n) is 8.63. The average Bonchev–Trinajstić information content (AvgIpc) is 2.67. The molecule has 140 valence electrons. The van der Waals surface area contributed by atoms with Crippen molar-refractivity contribution in [2.24, 2.45) is 0 Å². The minimum Gasteiger partial charge on any atom is -0.497 e. The number of nitriles is 1. The van der Waals surface area contributed by atoms with Gasteiger partial charge in [-0.1, -0.05) is 24.3 Å². The Labute approximate surface area is 159 Å². The molecule has 2 aromatic rings. The van der Waals surface area contributed by atoms with E-state index in [0.717, 1.165) is 11.1 Å². The van der Waals surface area contributed by atoms with Crippen LogP contribution in [0.5, 0.6) is 5.75 Å². The second kappa shape index (κ2) is 9.39. The Bertz CT molecular complexity index is 823. The highest BCUT2D eigenvalue weighted by Gasteiger charge is 2.19. The number of hydrogen-bond acceptors (Lipinski definition) is 4. The maximum Gasteiger partial charge on any atom is 0.222 e. The summed E-state index contributed by atoms with van der Waals surface area (Å²) in [7, 11) is 1.58. The molecule has 2 rings (SSSR count). The van der Waals surface area contributed by atoms with Crippen LogP contribution in [0, 0.1) is 11.3 Å². The normalized spacial score (nSPS) is 12.4. The summed E-state index contributed by atoms with van der Waals surface area (Å²) >= 11 is 0. The standard InChI is InChI=1S/C21H23N3O3/c1-14(17-6-4-16(13-22)5-7-17)23-21(26)12-20(24-15(2)25)18-8-10-19(27-3)11-9-18/h4-11,14,20H,12H2,1-3H3,(H,23,26)(H,24,25). The maximum atomic E-state index is 12.5. The van der Waals surface area contributed by atoms with E-state index in [0.29, 0.717) is 11.3 Å². The van der Waals surface area contributed by atoms with E-state index in [-0.39, 0.29) is 24.3 Å². The number of amides is 2. The lowest BCUT2D eigenvalue weighted by Gasteiger charge is -2.20. The third kappa shape index (κ3) is 5.86. The van der Waals surface area contributed by atoms with Crippen molar-refractivity contribution in [2.45, 2.75) is 32.4 Å². The van der Waals surface area contributed by atoms with E-state index < -0.39 is 6.04 Å². The van der Waals surface area contributed by atoms with Crippen molar-refractivity contribution in [3.8, 4) is 11.8 Å². The molecule has 0 fully saturated rings. The molecule has 6 heteroatoms. The molecule has 0 aromatic heterocycles. The number of methoxy groups -OCH3 is 1. The van der Waals surface area contributed by atoms with E-state index in [4.69, 9.17) is 10.00 Å². The maximum absolute atomic E-state index is 12.5. The van der Waals surface area contributed by atoms with Gasteiger partial charge in [-0.3, -0.25) is 9.59 Å². The lowest BCUT2D eigenvalue weighted by atomic mass is 10.0. The van der Waals surface area contributed by atoms with Gasteiger partial charge in [0.15, 0.2) is 0 Å². The van der Waals surface area contributed by atoms with Gasteiger partial charge >= 0.3 is 0 Å². The molecule has 0 aliphatic rings. The molecule has 0 aliphatic carbocycles. The van der Waals surface area contributed by atoms with E-state index >= 15 is 0 Å². The molecule has 2 amide bonds. The molecular weight excluding hydrogens is 342 g/mol. The van der Waals surface area contributed by atoms with E-state index in [1.54, 1.807) is 31.4 Å². The quantitative estimate of drug-likeness (QED) is 0.789. The number of carbonyl (C=O) groups excluding carboxylic acids is 2. The molecule has 0 radical (unpaired) electrons. The Balaban J connectivity index is 2.05. The van der Waals surface area contributed by atoms with Crippen molar-refractivity contribution in [3.63, 3.8) is 0 Å². The van der Waals surface area contributed by atoms with Crippen LogP contribution in [0.4, 0.5) is 0 Å². The minimum atomic E-state index is -0.429. The topological polar surface area (TPSA) is 91.2 Å². The summed E-state index contributed by atoms with van der Waals surface area (Å²) in [5.41, 5.74) is 2.30. The number of nitrogens with zero attached hydrogens (tertiary/aromatic N) is 1. The summed E-state index contributed by atoms with van der Waals surface area (Å²) in [5, 5.41) is 14.6. The van der Waals surface area contributed by atoms with Crippen LogP contribution >= 0.6 is 0 Å². The third-order valence-electron chi connectivity index (χ3n) is 4.20. The number of carbonyl (C=O) groups is 2. The van der Waals surface area contributed by atoms with Crippen molar-refractivity contribution in [2.75, 3.05) is 7.11 Å². The van der Waals surface area contributed by atoms with Crippen LogP contribution in [0.2, 0.25) is 0 Å². The number of ether oxygens (including phenoxy) is 1. The second-order valence-electron chi connectivity index (χ2n) is 6.25. The molecule has 0 saturated carbocycles. The van der Waals surface area contributed by atoms with E-state index in [1.807, 2.05) is 31.2 Å². The Morgan fingerprint density at radius 3 is 2.15 bits per heavy atom. The smallest absolute Gasteiger partial charge is 0.222 e. The largest absolute Gasteiger partial charge is 0.497 e. The first-order valence-corrected chi connectivity index (χ1v) is 8.63. The summed E-state index contributed by atoms with van der Waals surface area (Å²) in [6.45, 7) is 3.30. The number of rotatable bonds is 7. The van der Waals surface area contributed by atoms with Gasteiger partial charge in [0.2, 0.25) is 11.8 Å². The fourth-order valence-corrected chi connectivity index (χ4v) is 2.75. The molecule has 0 spiro atoms. The van der Waals surface area contributed by atoms with Crippen LogP contribution in [0.15, 0.2) is 48.5 Å². The second-order valence-corrected chi connectivity index (χ2v) is 6.25. The number of hydrogen-bond donors (Lipinski definition) is 2. The van der Waals surface area contributed by atoms with Gasteiger partial charge in [0, 0.05) is 6.92 Å². The Kier molecular flexibility index (Phi) is 6.95. The Morgan fingerprint density at radius 1 is 1.04 bits per heavy atom. The zero-order chi connectivity index (χ0) is 19.8. The van der Waals surface area contributed by atoms with Gasteiger partial charge in [-0.25, -0.2) is 0 Å². The summed E-state index contributed by atoms with van der Waals surface area (Å²) in [5.74, 6) is 0.324. The van der Waals surface area contributed by atoms with Crippen LogP contribution in [0.1, 0.15) is 49.0 Å². The fourth-order valence-electron chi connectivity index (χ4n) is 2.75. The van der Waals surface area contributed by atoms with Gasteiger partial charge in [0.1, 0.15) is 5.75 Å². The van der Waals surface area contributed by atoms with Crippen molar-refractivity contribution in [1.82, 2.24) is 10.6 Å². The zero-order valence-electron chi connectivity index (χ0n) is 15.7. The van der Waals surface area contributed by atoms with Crippen molar-refractivity contribution < 1.29 is 14.3 Å². The van der Waals surface area contributed by atoms with Crippen LogP contribution in [-0.2, 0) is 9.59 Å². The van der Waals surface area contributed by atoms with Crippen molar-refractivity contribution in [1.29, 1.82) is 5.26 Å². The number of benzene rings is 2. The highest BCUT2D eigenvalue weighted by molar-refractivity contribution is 5.79. The SMILES string of the molecule is COc1ccc(C(CC(=O)NC(C)c2ccc(C#N)cc2)NC(C)=O)cc1. The zero-order valence-corrected chi connectivity index (χ0v) is 15.7. The van der Waals surface area contributed by atoms with Crippen LogP contribution in [-0.4, -0.2) is 18.9 Å². The average molecular weight is 365 g/mol.